The molecule has 3 rings (SSSR count). The van der Waals surface area contributed by atoms with E-state index in [4.69, 9.17) is 4.74 Å². The monoisotopic (exact) mass is 310 g/mol. The van der Waals surface area contributed by atoms with Gasteiger partial charge in [0.1, 0.15) is 0 Å². The Kier molecular flexibility index (Phi) is 4.80. The van der Waals surface area contributed by atoms with E-state index < -0.39 is 0 Å². The van der Waals surface area contributed by atoms with Gasteiger partial charge in [-0.3, -0.25) is 0 Å². The molecule has 1 nitrogen and oxygen atoms in total. The summed E-state index contributed by atoms with van der Waals surface area (Å²) in [5.41, 5.74) is 6.05. The van der Waals surface area contributed by atoms with Gasteiger partial charge in [-0.2, -0.15) is 0 Å². The summed E-state index contributed by atoms with van der Waals surface area (Å²) >= 11 is 0. The fourth-order valence-electron chi connectivity index (χ4n) is 3.14. The van der Waals surface area contributed by atoms with Crippen molar-refractivity contribution in [3.05, 3.63) is 64.5 Å². The second kappa shape index (κ2) is 6.99. The molecule has 0 saturated heterocycles. The Bertz CT molecular complexity index is 713. The standard InChI is InChI=1S/C21H23FO/c1-3-4-5-15-6-8-16(9-7-15)17-10-11-18-14-21(23-2)20(22)13-19(18)12-17/h6-9,12-14H,3-5,10-11H2,1-2H3. The number of hydrogen-bond acceptors (Lipinski definition) is 1. The predicted molar refractivity (Wildman–Crippen MR) is 94.2 cm³/mol. The minimum absolute atomic E-state index is 0.293. The number of unbranched alkanes of at least 4 members (excludes halogenated alkanes) is 1. The highest BCUT2D eigenvalue weighted by Gasteiger charge is 2.15. The summed E-state index contributed by atoms with van der Waals surface area (Å²) in [6.07, 6.45) is 7.62. The van der Waals surface area contributed by atoms with Gasteiger partial charge in [0.15, 0.2) is 11.6 Å². The number of benzene rings is 2. The summed E-state index contributed by atoms with van der Waals surface area (Å²) in [5.74, 6) is 0.0412. The highest BCUT2D eigenvalue weighted by Crippen LogP contribution is 2.33. The molecule has 0 heterocycles. The van der Waals surface area contributed by atoms with Crippen LogP contribution in [0.1, 0.15) is 48.4 Å². The lowest BCUT2D eigenvalue weighted by Gasteiger charge is -2.18. The summed E-state index contributed by atoms with van der Waals surface area (Å²) in [6.45, 7) is 2.22. The molecule has 1 aliphatic rings. The second-order valence-electron chi connectivity index (χ2n) is 6.16. The van der Waals surface area contributed by atoms with Crippen molar-refractivity contribution in [2.45, 2.75) is 39.0 Å². The van der Waals surface area contributed by atoms with Crippen molar-refractivity contribution in [1.29, 1.82) is 0 Å². The third-order valence-corrected chi connectivity index (χ3v) is 4.55. The zero-order valence-electron chi connectivity index (χ0n) is 13.9. The van der Waals surface area contributed by atoms with Crippen LogP contribution in [0.2, 0.25) is 0 Å². The predicted octanol–water partition coefficient (Wildman–Crippen LogP) is 5.66. The van der Waals surface area contributed by atoms with E-state index in [0.717, 1.165) is 30.4 Å². The van der Waals surface area contributed by atoms with Gasteiger partial charge >= 0.3 is 0 Å². The van der Waals surface area contributed by atoms with Crippen molar-refractivity contribution in [1.82, 2.24) is 0 Å². The van der Waals surface area contributed by atoms with E-state index in [0.29, 0.717) is 5.75 Å². The molecule has 0 amide bonds. The SMILES string of the molecule is CCCCc1ccc(C2=Cc3cc(F)c(OC)cc3CC2)cc1. The minimum Gasteiger partial charge on any atom is -0.494 e. The van der Waals surface area contributed by atoms with Crippen LogP contribution >= 0.6 is 0 Å². The van der Waals surface area contributed by atoms with Gasteiger partial charge in [0.05, 0.1) is 7.11 Å². The highest BCUT2D eigenvalue weighted by molar-refractivity contribution is 5.84. The molecule has 2 heteroatoms. The molecule has 23 heavy (non-hydrogen) atoms. The smallest absolute Gasteiger partial charge is 0.165 e. The number of aryl methyl sites for hydroxylation is 2. The maximum Gasteiger partial charge on any atom is 0.165 e. The van der Waals surface area contributed by atoms with E-state index in [-0.39, 0.29) is 5.82 Å². The number of halogens is 1. The van der Waals surface area contributed by atoms with Gasteiger partial charge in [0.25, 0.3) is 0 Å². The van der Waals surface area contributed by atoms with Crippen LogP contribution < -0.4 is 4.74 Å². The van der Waals surface area contributed by atoms with Crippen LogP contribution in [0.25, 0.3) is 11.6 Å². The summed E-state index contributed by atoms with van der Waals surface area (Å²) in [4.78, 5) is 0. The average molecular weight is 310 g/mol. The van der Waals surface area contributed by atoms with Crippen molar-refractivity contribution in [2.75, 3.05) is 7.11 Å². The zero-order valence-corrected chi connectivity index (χ0v) is 13.9. The molecule has 1 aliphatic carbocycles. The number of fused-ring (bicyclic) bond motifs is 1. The summed E-state index contributed by atoms with van der Waals surface area (Å²) in [6, 6.07) is 12.2. The van der Waals surface area contributed by atoms with Crippen LogP contribution in [0.4, 0.5) is 4.39 Å². The second-order valence-corrected chi connectivity index (χ2v) is 6.16. The molecule has 0 aromatic heterocycles. The van der Waals surface area contributed by atoms with E-state index >= 15 is 0 Å². The molecule has 0 unspecified atom stereocenters. The molecular weight excluding hydrogens is 287 g/mol. The molecule has 2 aromatic carbocycles. The Morgan fingerprint density at radius 3 is 2.57 bits per heavy atom. The van der Waals surface area contributed by atoms with Crippen molar-refractivity contribution in [3.63, 3.8) is 0 Å². The maximum absolute atomic E-state index is 13.9. The largest absolute Gasteiger partial charge is 0.494 e. The molecule has 0 radical (unpaired) electrons. The Morgan fingerprint density at radius 2 is 1.87 bits per heavy atom. The maximum atomic E-state index is 13.9. The van der Waals surface area contributed by atoms with E-state index in [1.807, 2.05) is 6.07 Å². The van der Waals surface area contributed by atoms with Gasteiger partial charge in [0.2, 0.25) is 0 Å². The molecule has 0 saturated carbocycles. The van der Waals surface area contributed by atoms with Gasteiger partial charge in [-0.15, -0.1) is 0 Å². The molecule has 0 atom stereocenters. The number of allylic oxidation sites excluding steroid dienone is 1. The fraction of sp³-hybridized carbons (Fsp3) is 0.333. The van der Waals surface area contributed by atoms with E-state index in [9.17, 15) is 4.39 Å². The zero-order chi connectivity index (χ0) is 16.2. The van der Waals surface area contributed by atoms with Crippen LogP contribution in [0.15, 0.2) is 36.4 Å². The van der Waals surface area contributed by atoms with Crippen molar-refractivity contribution < 1.29 is 9.13 Å². The summed E-state index contributed by atoms with van der Waals surface area (Å²) in [7, 11) is 1.51. The van der Waals surface area contributed by atoms with Gasteiger partial charge in [-0.05, 0) is 65.6 Å². The third kappa shape index (κ3) is 3.47. The van der Waals surface area contributed by atoms with Gasteiger partial charge in [-0.1, -0.05) is 43.7 Å². The molecule has 2 aromatic rings. The molecular formula is C21H23FO. The highest BCUT2D eigenvalue weighted by atomic mass is 19.1. The number of ether oxygens (including phenoxy) is 1. The fourth-order valence-corrected chi connectivity index (χ4v) is 3.14. The topological polar surface area (TPSA) is 9.23 Å². The first-order chi connectivity index (χ1) is 11.2. The van der Waals surface area contributed by atoms with E-state index in [1.54, 1.807) is 6.07 Å². The molecule has 120 valence electrons. The molecule has 0 spiro atoms. The molecule has 0 fully saturated rings. The van der Waals surface area contributed by atoms with Crippen molar-refractivity contribution >= 4 is 11.6 Å². The summed E-state index contributed by atoms with van der Waals surface area (Å²) in [5, 5.41) is 0. The Labute approximate surface area is 137 Å². The minimum atomic E-state index is -0.293. The Hall–Kier alpha value is -2.09. The van der Waals surface area contributed by atoms with Gasteiger partial charge in [0, 0.05) is 0 Å². The van der Waals surface area contributed by atoms with Crippen LogP contribution in [-0.2, 0) is 12.8 Å². The van der Waals surface area contributed by atoms with Gasteiger partial charge in [-0.25, -0.2) is 4.39 Å². The normalized spacial score (nSPS) is 13.4. The Morgan fingerprint density at radius 1 is 1.09 bits per heavy atom. The van der Waals surface area contributed by atoms with Crippen LogP contribution in [0, 0.1) is 5.82 Å². The van der Waals surface area contributed by atoms with Crippen LogP contribution in [0.5, 0.6) is 5.75 Å². The molecule has 0 N–H and O–H groups in total. The number of rotatable bonds is 5. The first kappa shape index (κ1) is 15.8. The number of methoxy groups -OCH3 is 1. The number of hydrogen-bond donors (Lipinski definition) is 0. The van der Waals surface area contributed by atoms with Crippen molar-refractivity contribution in [2.24, 2.45) is 0 Å². The van der Waals surface area contributed by atoms with E-state index in [2.05, 4.69) is 37.3 Å². The van der Waals surface area contributed by atoms with Crippen LogP contribution in [0.3, 0.4) is 0 Å². The lowest BCUT2D eigenvalue weighted by atomic mass is 9.88. The average Bonchev–Trinajstić information content (AvgIpc) is 2.59. The molecule has 0 bridgehead atoms. The van der Waals surface area contributed by atoms with Crippen LogP contribution in [-0.4, -0.2) is 7.11 Å². The first-order valence-electron chi connectivity index (χ1n) is 8.37. The summed E-state index contributed by atoms with van der Waals surface area (Å²) < 4.78 is 19.0. The lowest BCUT2D eigenvalue weighted by molar-refractivity contribution is 0.386. The quantitative estimate of drug-likeness (QED) is 0.692. The van der Waals surface area contributed by atoms with Crippen molar-refractivity contribution in [3.8, 4) is 5.75 Å². The van der Waals surface area contributed by atoms with E-state index in [1.165, 1.54) is 36.7 Å². The van der Waals surface area contributed by atoms with Gasteiger partial charge < -0.3 is 4.74 Å². The third-order valence-electron chi connectivity index (χ3n) is 4.55. The lowest BCUT2D eigenvalue weighted by Crippen LogP contribution is -2.01. The Balaban J connectivity index is 1.85. The first-order valence-corrected chi connectivity index (χ1v) is 8.37. The molecule has 0 aliphatic heterocycles.